The molecule has 1 unspecified atom stereocenters. The number of likely N-dealkylation sites (tertiary alicyclic amines) is 1. The van der Waals surface area contributed by atoms with E-state index >= 15 is 0 Å². The van der Waals surface area contributed by atoms with Crippen molar-refractivity contribution in [3.8, 4) is 5.75 Å². The number of nitrogens with zero attached hydrogens (tertiary/aromatic N) is 4. The number of aryl methyl sites for hydroxylation is 3. The van der Waals surface area contributed by atoms with Gasteiger partial charge in [0.1, 0.15) is 11.9 Å². The minimum atomic E-state index is -0.163. The Hall–Kier alpha value is -2.37. The quantitative estimate of drug-likeness (QED) is 0.845. The van der Waals surface area contributed by atoms with E-state index in [1.54, 1.807) is 6.20 Å². The van der Waals surface area contributed by atoms with Crippen LogP contribution in [0.5, 0.6) is 5.75 Å². The number of rotatable bonds is 4. The molecule has 2 aromatic heterocycles. The highest BCUT2D eigenvalue weighted by atomic mass is 16.5. The molecule has 0 N–H and O–H groups in total. The van der Waals surface area contributed by atoms with Crippen molar-refractivity contribution >= 4 is 5.91 Å². The van der Waals surface area contributed by atoms with Crippen molar-refractivity contribution in [3.05, 3.63) is 41.0 Å². The largest absolute Gasteiger partial charge is 0.490 e. The van der Waals surface area contributed by atoms with E-state index in [0.29, 0.717) is 0 Å². The van der Waals surface area contributed by atoms with E-state index in [1.807, 2.05) is 56.6 Å². The maximum absolute atomic E-state index is 13.0. The Kier molecular flexibility index (Phi) is 5.30. The van der Waals surface area contributed by atoms with Crippen molar-refractivity contribution in [1.29, 1.82) is 0 Å². The van der Waals surface area contributed by atoms with Gasteiger partial charge < -0.3 is 9.64 Å². The zero-order chi connectivity index (χ0) is 18.8. The Morgan fingerprint density at radius 2 is 1.96 bits per heavy atom. The molecule has 1 saturated heterocycles. The van der Waals surface area contributed by atoms with Crippen LogP contribution in [0.3, 0.4) is 0 Å². The van der Waals surface area contributed by atoms with Gasteiger partial charge in [0, 0.05) is 62.2 Å². The lowest BCUT2D eigenvalue weighted by molar-refractivity contribution is -0.134. The first kappa shape index (κ1) is 18.4. The van der Waals surface area contributed by atoms with Gasteiger partial charge in [0.05, 0.1) is 11.6 Å². The number of carbonyl (C=O) groups excluding carboxylic acids is 1. The van der Waals surface area contributed by atoms with Gasteiger partial charge in [-0.05, 0) is 33.8 Å². The molecule has 1 fully saturated rings. The highest BCUT2D eigenvalue weighted by molar-refractivity contribution is 5.84. The normalized spacial score (nSPS) is 16.6. The van der Waals surface area contributed by atoms with E-state index in [9.17, 15) is 4.79 Å². The summed E-state index contributed by atoms with van der Waals surface area (Å²) in [6, 6.07) is 1.91. The molecule has 0 spiro atoms. The first-order valence-electron chi connectivity index (χ1n) is 9.24. The fourth-order valence-corrected chi connectivity index (χ4v) is 3.78. The van der Waals surface area contributed by atoms with Crippen molar-refractivity contribution in [3.63, 3.8) is 0 Å². The average molecular weight is 356 g/mol. The van der Waals surface area contributed by atoms with E-state index in [0.717, 1.165) is 54.2 Å². The molecule has 0 bridgehead atoms. The number of carbonyl (C=O) groups is 1. The second-order valence-corrected chi connectivity index (χ2v) is 7.21. The van der Waals surface area contributed by atoms with Gasteiger partial charge in [-0.1, -0.05) is 0 Å². The third-order valence-electron chi connectivity index (χ3n) is 5.38. The molecule has 2 aromatic rings. The van der Waals surface area contributed by atoms with Gasteiger partial charge in [-0.15, -0.1) is 0 Å². The lowest BCUT2D eigenvalue weighted by Gasteiger charge is -2.34. The molecule has 140 valence electrons. The molecule has 3 heterocycles. The van der Waals surface area contributed by atoms with Crippen molar-refractivity contribution in [2.75, 3.05) is 13.1 Å². The topological polar surface area (TPSA) is 60.2 Å². The van der Waals surface area contributed by atoms with Gasteiger partial charge >= 0.3 is 0 Å². The van der Waals surface area contributed by atoms with Crippen LogP contribution in [-0.2, 0) is 11.8 Å². The summed E-state index contributed by atoms with van der Waals surface area (Å²) in [5.74, 6) is 0.908. The molecule has 1 amide bonds. The van der Waals surface area contributed by atoms with Gasteiger partial charge in [-0.25, -0.2) is 0 Å². The number of piperidine rings is 1. The van der Waals surface area contributed by atoms with E-state index in [-0.39, 0.29) is 17.9 Å². The second kappa shape index (κ2) is 7.48. The lowest BCUT2D eigenvalue weighted by Crippen LogP contribution is -2.43. The van der Waals surface area contributed by atoms with E-state index in [2.05, 4.69) is 10.1 Å². The summed E-state index contributed by atoms with van der Waals surface area (Å²) in [5.41, 5.74) is 4.11. The molecule has 0 saturated carbocycles. The van der Waals surface area contributed by atoms with E-state index < -0.39 is 0 Å². The number of pyridine rings is 1. The molecular formula is C20H28N4O2. The van der Waals surface area contributed by atoms with Gasteiger partial charge in [0.15, 0.2) is 0 Å². The molecule has 0 aliphatic carbocycles. The van der Waals surface area contributed by atoms with Crippen molar-refractivity contribution in [1.82, 2.24) is 19.7 Å². The second-order valence-electron chi connectivity index (χ2n) is 7.21. The smallest absolute Gasteiger partial charge is 0.229 e. The first-order valence-corrected chi connectivity index (χ1v) is 9.24. The predicted octanol–water partition coefficient (Wildman–Crippen LogP) is 2.91. The Labute approximate surface area is 155 Å². The molecule has 0 radical (unpaired) electrons. The van der Waals surface area contributed by atoms with Crippen LogP contribution in [0, 0.1) is 20.8 Å². The molecule has 26 heavy (non-hydrogen) atoms. The van der Waals surface area contributed by atoms with Crippen LogP contribution < -0.4 is 4.74 Å². The third-order valence-corrected chi connectivity index (χ3v) is 5.38. The molecule has 3 rings (SSSR count). The van der Waals surface area contributed by atoms with Crippen LogP contribution >= 0.6 is 0 Å². The van der Waals surface area contributed by atoms with Crippen LogP contribution in [0.4, 0.5) is 0 Å². The van der Waals surface area contributed by atoms with Crippen LogP contribution in [-0.4, -0.2) is 44.8 Å². The number of ether oxygens (including phenoxy) is 1. The highest BCUT2D eigenvalue weighted by Crippen LogP contribution is 2.27. The molecule has 6 nitrogen and oxygen atoms in total. The zero-order valence-electron chi connectivity index (χ0n) is 16.3. The molecule has 1 atom stereocenters. The molecule has 6 heteroatoms. The summed E-state index contributed by atoms with van der Waals surface area (Å²) in [4.78, 5) is 19.0. The molecular weight excluding hydrogens is 328 g/mol. The summed E-state index contributed by atoms with van der Waals surface area (Å²) in [6.45, 7) is 9.45. The van der Waals surface area contributed by atoms with Crippen molar-refractivity contribution < 1.29 is 9.53 Å². The zero-order valence-corrected chi connectivity index (χ0v) is 16.3. The number of aromatic nitrogens is 3. The minimum absolute atomic E-state index is 0.150. The van der Waals surface area contributed by atoms with Gasteiger partial charge in [-0.3, -0.25) is 14.5 Å². The highest BCUT2D eigenvalue weighted by Gasteiger charge is 2.30. The van der Waals surface area contributed by atoms with Crippen molar-refractivity contribution in [2.45, 2.75) is 52.6 Å². The monoisotopic (exact) mass is 356 g/mol. The molecule has 1 aliphatic rings. The van der Waals surface area contributed by atoms with E-state index in [1.165, 1.54) is 0 Å². The summed E-state index contributed by atoms with van der Waals surface area (Å²) < 4.78 is 7.96. The molecule has 0 aromatic carbocycles. The maximum Gasteiger partial charge on any atom is 0.229 e. The SMILES string of the molecule is Cc1cnccc1OC1CCN(C(=O)C(C)c2c(C)nn(C)c2C)CC1. The fourth-order valence-electron chi connectivity index (χ4n) is 3.78. The van der Waals surface area contributed by atoms with Gasteiger partial charge in [-0.2, -0.15) is 5.10 Å². The summed E-state index contributed by atoms with van der Waals surface area (Å²) in [7, 11) is 1.92. The Bertz CT molecular complexity index is 791. The lowest BCUT2D eigenvalue weighted by atomic mass is 9.96. The van der Waals surface area contributed by atoms with Crippen LogP contribution in [0.1, 0.15) is 48.2 Å². The number of hydrogen-bond acceptors (Lipinski definition) is 4. The summed E-state index contributed by atoms with van der Waals surface area (Å²) in [6.07, 6.45) is 5.42. The first-order chi connectivity index (χ1) is 12.4. The van der Waals surface area contributed by atoms with Crippen LogP contribution in [0.25, 0.3) is 0 Å². The average Bonchev–Trinajstić information content (AvgIpc) is 2.88. The van der Waals surface area contributed by atoms with Crippen LogP contribution in [0.2, 0.25) is 0 Å². The van der Waals surface area contributed by atoms with Gasteiger partial charge in [0.25, 0.3) is 0 Å². The van der Waals surface area contributed by atoms with Crippen LogP contribution in [0.15, 0.2) is 18.5 Å². The Balaban J connectivity index is 1.61. The number of amides is 1. The molecule has 1 aliphatic heterocycles. The predicted molar refractivity (Wildman–Crippen MR) is 100 cm³/mol. The summed E-state index contributed by atoms with van der Waals surface area (Å²) >= 11 is 0. The van der Waals surface area contributed by atoms with E-state index in [4.69, 9.17) is 4.74 Å². The minimum Gasteiger partial charge on any atom is -0.490 e. The Morgan fingerprint density at radius 3 is 2.54 bits per heavy atom. The third kappa shape index (κ3) is 3.59. The standard InChI is InChI=1S/C20H28N4O2/c1-13-12-21-9-6-18(13)26-17-7-10-24(11-8-17)20(25)14(2)19-15(3)22-23(5)16(19)4/h6,9,12,14,17H,7-8,10-11H2,1-5H3. The fraction of sp³-hybridized carbons (Fsp3) is 0.550. The van der Waals surface area contributed by atoms with Crippen molar-refractivity contribution in [2.24, 2.45) is 7.05 Å². The van der Waals surface area contributed by atoms with Gasteiger partial charge in [0.2, 0.25) is 5.91 Å². The Morgan fingerprint density at radius 1 is 1.27 bits per heavy atom. The summed E-state index contributed by atoms with van der Waals surface area (Å²) in [5, 5.41) is 4.45. The maximum atomic E-state index is 13.0. The number of hydrogen-bond donors (Lipinski definition) is 0.